The van der Waals surface area contributed by atoms with E-state index in [1.54, 1.807) is 0 Å². The molecule has 138 valence electrons. The smallest absolute Gasteiger partial charge is 0.308 e. The van der Waals surface area contributed by atoms with Crippen molar-refractivity contribution in [3.8, 4) is 0 Å². The third-order valence-corrected chi connectivity index (χ3v) is 5.01. The molecule has 2 rings (SSSR count). The summed E-state index contributed by atoms with van der Waals surface area (Å²) < 4.78 is 4.86. The van der Waals surface area contributed by atoms with Crippen LogP contribution in [0.4, 0.5) is 0 Å². The first kappa shape index (κ1) is 19.0. The Kier molecular flexibility index (Phi) is 8.36. The average molecular weight is 338 g/mol. The second-order valence-corrected chi connectivity index (χ2v) is 6.78. The van der Waals surface area contributed by atoms with E-state index in [9.17, 15) is 4.79 Å². The van der Waals surface area contributed by atoms with Gasteiger partial charge in [0.05, 0.1) is 13.0 Å². The summed E-state index contributed by atoms with van der Waals surface area (Å²) in [5.74, 6) is 0.982. The Morgan fingerprint density at radius 1 is 1.17 bits per heavy atom. The van der Waals surface area contributed by atoms with Crippen molar-refractivity contribution in [3.05, 3.63) is 0 Å². The fourth-order valence-electron chi connectivity index (χ4n) is 3.56. The van der Waals surface area contributed by atoms with E-state index in [0.29, 0.717) is 0 Å². The SMILES string of the molecule is CCNC(=NCCCCN1CCCC1)N1CCC(C(=O)OC)CC1. The van der Waals surface area contributed by atoms with Crippen molar-refractivity contribution in [2.45, 2.75) is 45.4 Å². The number of esters is 1. The van der Waals surface area contributed by atoms with Crippen LogP contribution >= 0.6 is 0 Å². The fraction of sp³-hybridized carbons (Fsp3) is 0.889. The molecule has 2 fully saturated rings. The van der Waals surface area contributed by atoms with Crippen molar-refractivity contribution in [1.29, 1.82) is 0 Å². The Labute approximate surface area is 146 Å². The van der Waals surface area contributed by atoms with Crippen LogP contribution in [0.5, 0.6) is 0 Å². The van der Waals surface area contributed by atoms with Gasteiger partial charge in [-0.2, -0.15) is 0 Å². The molecular weight excluding hydrogens is 304 g/mol. The second-order valence-electron chi connectivity index (χ2n) is 6.78. The van der Waals surface area contributed by atoms with Gasteiger partial charge >= 0.3 is 5.97 Å². The molecule has 1 N–H and O–H groups in total. The highest BCUT2D eigenvalue weighted by atomic mass is 16.5. The minimum absolute atomic E-state index is 0.0505. The maximum absolute atomic E-state index is 11.6. The number of carbonyl (C=O) groups excluding carboxylic acids is 1. The van der Waals surface area contributed by atoms with Crippen molar-refractivity contribution in [2.24, 2.45) is 10.9 Å². The van der Waals surface area contributed by atoms with E-state index >= 15 is 0 Å². The van der Waals surface area contributed by atoms with Crippen molar-refractivity contribution >= 4 is 11.9 Å². The first-order valence-corrected chi connectivity index (χ1v) is 9.58. The summed E-state index contributed by atoms with van der Waals surface area (Å²) in [7, 11) is 1.47. The van der Waals surface area contributed by atoms with Crippen LogP contribution in [-0.2, 0) is 9.53 Å². The number of aliphatic imine (C=N–C) groups is 1. The Morgan fingerprint density at radius 2 is 1.88 bits per heavy atom. The van der Waals surface area contributed by atoms with Gasteiger partial charge in [-0.05, 0) is 65.1 Å². The molecule has 6 heteroatoms. The van der Waals surface area contributed by atoms with Crippen LogP contribution in [-0.4, -0.2) is 74.7 Å². The molecule has 0 aromatic carbocycles. The summed E-state index contributed by atoms with van der Waals surface area (Å²) in [5, 5.41) is 3.39. The highest BCUT2D eigenvalue weighted by Crippen LogP contribution is 2.18. The monoisotopic (exact) mass is 338 g/mol. The molecule has 24 heavy (non-hydrogen) atoms. The number of likely N-dealkylation sites (tertiary alicyclic amines) is 2. The van der Waals surface area contributed by atoms with Crippen molar-refractivity contribution < 1.29 is 9.53 Å². The minimum atomic E-state index is -0.0708. The number of methoxy groups -OCH3 is 1. The van der Waals surface area contributed by atoms with E-state index in [-0.39, 0.29) is 11.9 Å². The van der Waals surface area contributed by atoms with Crippen molar-refractivity contribution in [3.63, 3.8) is 0 Å². The minimum Gasteiger partial charge on any atom is -0.469 e. The Morgan fingerprint density at radius 3 is 2.50 bits per heavy atom. The predicted octanol–water partition coefficient (Wildman–Crippen LogP) is 1.71. The van der Waals surface area contributed by atoms with Gasteiger partial charge in [-0.15, -0.1) is 0 Å². The number of hydrogen-bond donors (Lipinski definition) is 1. The topological polar surface area (TPSA) is 57.2 Å². The number of piperidine rings is 1. The first-order valence-electron chi connectivity index (χ1n) is 9.58. The molecule has 0 amide bonds. The van der Waals surface area contributed by atoms with Gasteiger partial charge in [0.15, 0.2) is 5.96 Å². The molecule has 0 aromatic heterocycles. The van der Waals surface area contributed by atoms with Crippen LogP contribution in [0.15, 0.2) is 4.99 Å². The first-order chi connectivity index (χ1) is 11.7. The van der Waals surface area contributed by atoms with Gasteiger partial charge in [-0.1, -0.05) is 0 Å². The molecule has 0 radical (unpaired) electrons. The van der Waals surface area contributed by atoms with Crippen LogP contribution in [0.1, 0.15) is 45.4 Å². The molecule has 2 aliphatic heterocycles. The standard InChI is InChI=1S/C18H34N4O2/c1-3-19-18(20-10-4-5-11-21-12-6-7-13-21)22-14-8-16(9-15-22)17(23)24-2/h16H,3-15H2,1-2H3,(H,19,20). The zero-order valence-corrected chi connectivity index (χ0v) is 15.4. The molecular formula is C18H34N4O2. The van der Waals surface area contributed by atoms with E-state index in [2.05, 4.69) is 22.0 Å². The summed E-state index contributed by atoms with van der Waals surface area (Å²) in [5.41, 5.74) is 0. The maximum Gasteiger partial charge on any atom is 0.308 e. The number of guanidine groups is 1. The summed E-state index contributed by atoms with van der Waals surface area (Å²) in [6, 6.07) is 0. The molecule has 0 atom stereocenters. The quantitative estimate of drug-likeness (QED) is 0.331. The largest absolute Gasteiger partial charge is 0.469 e. The van der Waals surface area contributed by atoms with E-state index in [0.717, 1.165) is 51.4 Å². The van der Waals surface area contributed by atoms with E-state index < -0.39 is 0 Å². The molecule has 2 heterocycles. The summed E-state index contributed by atoms with van der Waals surface area (Å²) in [4.78, 5) is 21.3. The van der Waals surface area contributed by atoms with Crippen LogP contribution in [0.2, 0.25) is 0 Å². The summed E-state index contributed by atoms with van der Waals surface area (Å²) in [6.45, 7) is 9.39. The number of nitrogens with one attached hydrogen (secondary N) is 1. The fourth-order valence-corrected chi connectivity index (χ4v) is 3.56. The van der Waals surface area contributed by atoms with Crippen LogP contribution in [0, 0.1) is 5.92 Å². The van der Waals surface area contributed by atoms with Gasteiger partial charge in [0.1, 0.15) is 0 Å². The van der Waals surface area contributed by atoms with Gasteiger partial charge in [0.25, 0.3) is 0 Å². The molecule has 0 saturated carbocycles. The third-order valence-electron chi connectivity index (χ3n) is 5.01. The number of hydrogen-bond acceptors (Lipinski definition) is 4. The molecule has 0 unspecified atom stereocenters. The highest BCUT2D eigenvalue weighted by Gasteiger charge is 2.26. The zero-order valence-electron chi connectivity index (χ0n) is 15.4. The lowest BCUT2D eigenvalue weighted by Crippen LogP contribution is -2.46. The van der Waals surface area contributed by atoms with E-state index in [1.165, 1.54) is 46.0 Å². The van der Waals surface area contributed by atoms with Gasteiger partial charge in [-0.3, -0.25) is 9.79 Å². The number of nitrogens with zero attached hydrogens (tertiary/aromatic N) is 3. The number of rotatable bonds is 7. The van der Waals surface area contributed by atoms with Crippen molar-refractivity contribution in [2.75, 3.05) is 52.9 Å². The Hall–Kier alpha value is -1.30. The van der Waals surface area contributed by atoms with Crippen LogP contribution < -0.4 is 5.32 Å². The zero-order chi connectivity index (χ0) is 17.2. The molecule has 2 aliphatic rings. The van der Waals surface area contributed by atoms with E-state index in [4.69, 9.17) is 9.73 Å². The van der Waals surface area contributed by atoms with Gasteiger partial charge in [0, 0.05) is 26.2 Å². The lowest BCUT2D eigenvalue weighted by atomic mass is 9.97. The molecule has 0 aromatic rings. The lowest BCUT2D eigenvalue weighted by Gasteiger charge is -2.33. The third kappa shape index (κ3) is 5.96. The second kappa shape index (κ2) is 10.5. The maximum atomic E-state index is 11.6. The normalized spacial score (nSPS) is 20.4. The van der Waals surface area contributed by atoms with Crippen LogP contribution in [0.25, 0.3) is 0 Å². The number of carbonyl (C=O) groups is 1. The number of ether oxygens (including phenoxy) is 1. The summed E-state index contributed by atoms with van der Waals surface area (Å²) >= 11 is 0. The average Bonchev–Trinajstić information content (AvgIpc) is 3.13. The summed E-state index contributed by atoms with van der Waals surface area (Å²) in [6.07, 6.45) is 6.81. The number of unbranched alkanes of at least 4 members (excludes halogenated alkanes) is 1. The lowest BCUT2D eigenvalue weighted by molar-refractivity contribution is -0.146. The molecule has 0 spiro atoms. The van der Waals surface area contributed by atoms with Gasteiger partial charge in [-0.25, -0.2) is 0 Å². The van der Waals surface area contributed by atoms with Crippen LogP contribution in [0.3, 0.4) is 0 Å². The predicted molar refractivity (Wildman–Crippen MR) is 97.2 cm³/mol. The highest BCUT2D eigenvalue weighted by molar-refractivity contribution is 5.80. The van der Waals surface area contributed by atoms with Crippen molar-refractivity contribution in [1.82, 2.24) is 15.1 Å². The Bertz CT molecular complexity index is 400. The molecule has 0 aliphatic carbocycles. The molecule has 0 bridgehead atoms. The van der Waals surface area contributed by atoms with Gasteiger partial charge < -0.3 is 19.9 Å². The molecule has 2 saturated heterocycles. The Balaban J connectivity index is 1.71. The van der Waals surface area contributed by atoms with Gasteiger partial charge in [0.2, 0.25) is 0 Å². The van der Waals surface area contributed by atoms with E-state index in [1.807, 2.05) is 0 Å². The molecule has 6 nitrogen and oxygen atoms in total.